The van der Waals surface area contributed by atoms with E-state index in [4.69, 9.17) is 10.5 Å². The molecule has 0 aromatic rings. The van der Waals surface area contributed by atoms with Gasteiger partial charge in [-0.25, -0.2) is 0 Å². The average Bonchev–Trinajstić information content (AvgIpc) is 2.35. The zero-order chi connectivity index (χ0) is 15.4. The monoisotopic (exact) mass is 264 g/mol. The molecule has 0 aliphatic heterocycles. The first kappa shape index (κ1) is 19.2. The Kier molecular flexibility index (Phi) is 11.2. The van der Waals surface area contributed by atoms with Crippen LogP contribution in [0.15, 0.2) is 52.6 Å². The molecule has 0 rings (SSSR count). The Balaban J connectivity index is 0. The van der Waals surface area contributed by atoms with E-state index in [1.165, 1.54) is 6.08 Å². The van der Waals surface area contributed by atoms with Gasteiger partial charge in [0.2, 0.25) is 0 Å². The lowest BCUT2D eigenvalue weighted by atomic mass is 10.3. The molecule has 2 N–H and O–H groups in total. The Morgan fingerprint density at radius 2 is 1.74 bits per heavy atom. The third-order valence-electron chi connectivity index (χ3n) is 1.66. The molecule has 19 heavy (non-hydrogen) atoms. The third kappa shape index (κ3) is 10.8. The van der Waals surface area contributed by atoms with Crippen LogP contribution in [0.3, 0.4) is 0 Å². The van der Waals surface area contributed by atoms with Crippen LogP contribution < -0.4 is 5.73 Å². The lowest BCUT2D eigenvalue weighted by Crippen LogP contribution is -2.12. The van der Waals surface area contributed by atoms with Crippen LogP contribution in [-0.4, -0.2) is 12.6 Å². The van der Waals surface area contributed by atoms with E-state index in [-0.39, 0.29) is 11.5 Å². The second-order valence-corrected chi connectivity index (χ2v) is 3.64. The Hall–Kier alpha value is -2.10. The number of aliphatic imine (C=N–C) groups is 1. The average molecular weight is 264 g/mol. The maximum atomic E-state index is 10.9. The van der Waals surface area contributed by atoms with Gasteiger partial charge in [-0.3, -0.25) is 9.79 Å². The number of hydrogen-bond donors (Lipinski definition) is 1. The van der Waals surface area contributed by atoms with Crippen LogP contribution in [-0.2, 0) is 9.53 Å². The first-order valence-corrected chi connectivity index (χ1v) is 6.03. The van der Waals surface area contributed by atoms with Gasteiger partial charge in [-0.2, -0.15) is 0 Å². The van der Waals surface area contributed by atoms with Crippen molar-refractivity contribution in [3.63, 3.8) is 0 Å². The summed E-state index contributed by atoms with van der Waals surface area (Å²) in [7, 11) is 0. The summed E-state index contributed by atoms with van der Waals surface area (Å²) in [5.74, 6) is 0.262. The van der Waals surface area contributed by atoms with Crippen molar-refractivity contribution >= 4 is 12.6 Å². The highest BCUT2D eigenvalue weighted by atomic mass is 16.5. The summed E-state index contributed by atoms with van der Waals surface area (Å²) in [6.45, 7) is 16.6. The summed E-state index contributed by atoms with van der Waals surface area (Å²) in [5.41, 5.74) is 6.23. The number of amides is 1. The minimum absolute atomic E-state index is 0.0185. The molecule has 0 aromatic heterocycles. The Labute approximate surface area is 116 Å². The molecular formula is C15H24N2O2. The maximum Gasteiger partial charge on any atom is 0.267 e. The highest BCUT2D eigenvalue weighted by Gasteiger charge is 2.02. The van der Waals surface area contributed by atoms with Gasteiger partial charge in [0.05, 0.1) is 0 Å². The zero-order valence-corrected chi connectivity index (χ0v) is 12.5. The van der Waals surface area contributed by atoms with Gasteiger partial charge in [0, 0.05) is 6.08 Å². The number of nitrogens with two attached hydrogens (primary N) is 1. The smallest absolute Gasteiger partial charge is 0.267 e. The van der Waals surface area contributed by atoms with E-state index in [1.807, 2.05) is 33.8 Å². The highest BCUT2D eigenvalue weighted by Crippen LogP contribution is 2.09. The zero-order valence-electron chi connectivity index (χ0n) is 12.5. The molecule has 0 fully saturated rings. The molecule has 0 atom stereocenters. The number of carbonyl (C=O) groups is 1. The van der Waals surface area contributed by atoms with Gasteiger partial charge in [0.1, 0.15) is 17.2 Å². The molecule has 1 amide bonds. The SMILES string of the molecule is C=N/C(=C\C(=C)O/C(C)=C/C=C(C)C)C(N)=O.CC. The van der Waals surface area contributed by atoms with Gasteiger partial charge in [-0.1, -0.05) is 32.1 Å². The summed E-state index contributed by atoms with van der Waals surface area (Å²) in [6, 6.07) is 0. The van der Waals surface area contributed by atoms with Crippen molar-refractivity contribution in [3.05, 3.63) is 47.6 Å². The number of primary amides is 1. The van der Waals surface area contributed by atoms with Crippen LogP contribution in [0.5, 0.6) is 0 Å². The molecule has 0 saturated heterocycles. The second-order valence-electron chi connectivity index (χ2n) is 3.64. The molecule has 0 aliphatic rings. The molecular weight excluding hydrogens is 240 g/mol. The molecule has 0 heterocycles. The lowest BCUT2D eigenvalue weighted by Gasteiger charge is -2.05. The number of carbonyl (C=O) groups excluding carboxylic acids is 1. The number of allylic oxidation sites excluding steroid dienone is 5. The molecule has 0 unspecified atom stereocenters. The van der Waals surface area contributed by atoms with Crippen molar-refractivity contribution in [3.8, 4) is 0 Å². The molecule has 4 heteroatoms. The van der Waals surface area contributed by atoms with Crippen LogP contribution in [0.25, 0.3) is 0 Å². The lowest BCUT2D eigenvalue weighted by molar-refractivity contribution is -0.114. The van der Waals surface area contributed by atoms with Crippen molar-refractivity contribution in [1.29, 1.82) is 0 Å². The summed E-state index contributed by atoms with van der Waals surface area (Å²) < 4.78 is 5.33. The fraction of sp³-hybridized carbons (Fsp3) is 0.333. The normalized spacial score (nSPS) is 10.8. The van der Waals surface area contributed by atoms with Crippen molar-refractivity contribution in [2.24, 2.45) is 10.7 Å². The van der Waals surface area contributed by atoms with E-state index in [1.54, 1.807) is 13.0 Å². The van der Waals surface area contributed by atoms with Gasteiger partial charge in [-0.05, 0) is 33.6 Å². The first-order valence-electron chi connectivity index (χ1n) is 6.03. The van der Waals surface area contributed by atoms with Crippen LogP contribution >= 0.6 is 0 Å². The fourth-order valence-corrected chi connectivity index (χ4v) is 0.901. The summed E-state index contributed by atoms with van der Waals surface area (Å²) in [6.07, 6.45) is 5.06. The molecule has 0 bridgehead atoms. The predicted octanol–water partition coefficient (Wildman–Crippen LogP) is 3.48. The van der Waals surface area contributed by atoms with Crippen molar-refractivity contribution in [2.45, 2.75) is 34.6 Å². The molecule has 0 aromatic carbocycles. The largest absolute Gasteiger partial charge is 0.463 e. The standard InChI is InChI=1S/C13H18N2O2.C2H6/c1-9(2)6-7-10(3)17-11(4)8-12(15-5)13(14)16;1-2/h6-8H,4-5H2,1-3H3,(H2,14,16);1-2H3/b10-7+,12-8-;. The number of ether oxygens (including phenoxy) is 1. The summed E-state index contributed by atoms with van der Waals surface area (Å²) in [5, 5.41) is 0. The molecule has 0 aliphatic carbocycles. The van der Waals surface area contributed by atoms with E-state index >= 15 is 0 Å². The van der Waals surface area contributed by atoms with Gasteiger partial charge in [0.15, 0.2) is 0 Å². The Morgan fingerprint density at radius 3 is 2.11 bits per heavy atom. The quantitative estimate of drug-likeness (QED) is 0.345. The van der Waals surface area contributed by atoms with Gasteiger partial charge < -0.3 is 10.5 Å². The van der Waals surface area contributed by atoms with Crippen molar-refractivity contribution in [2.75, 3.05) is 0 Å². The van der Waals surface area contributed by atoms with Crippen LogP contribution in [0, 0.1) is 0 Å². The van der Waals surface area contributed by atoms with E-state index in [2.05, 4.69) is 18.3 Å². The minimum Gasteiger partial charge on any atom is -0.463 e. The Bertz CT molecular complexity index is 412. The van der Waals surface area contributed by atoms with Crippen molar-refractivity contribution < 1.29 is 9.53 Å². The highest BCUT2D eigenvalue weighted by molar-refractivity contribution is 5.92. The van der Waals surface area contributed by atoms with Gasteiger partial charge >= 0.3 is 0 Å². The van der Waals surface area contributed by atoms with E-state index in [0.717, 1.165) is 5.57 Å². The minimum atomic E-state index is -0.671. The predicted molar refractivity (Wildman–Crippen MR) is 81.6 cm³/mol. The molecule has 0 spiro atoms. The van der Waals surface area contributed by atoms with Gasteiger partial charge in [-0.15, -0.1) is 0 Å². The number of hydrogen-bond acceptors (Lipinski definition) is 3. The van der Waals surface area contributed by atoms with E-state index in [9.17, 15) is 4.79 Å². The molecule has 0 radical (unpaired) electrons. The molecule has 4 nitrogen and oxygen atoms in total. The van der Waals surface area contributed by atoms with Gasteiger partial charge in [0.25, 0.3) is 5.91 Å². The third-order valence-corrected chi connectivity index (χ3v) is 1.66. The van der Waals surface area contributed by atoms with Crippen LogP contribution in [0.2, 0.25) is 0 Å². The Morgan fingerprint density at radius 1 is 1.21 bits per heavy atom. The van der Waals surface area contributed by atoms with Crippen LogP contribution in [0.4, 0.5) is 0 Å². The summed E-state index contributed by atoms with van der Waals surface area (Å²) in [4.78, 5) is 14.3. The van der Waals surface area contributed by atoms with E-state index in [0.29, 0.717) is 5.76 Å². The fourth-order valence-electron chi connectivity index (χ4n) is 0.901. The summed E-state index contributed by atoms with van der Waals surface area (Å²) >= 11 is 0. The first-order chi connectivity index (χ1) is 8.86. The number of nitrogens with zero attached hydrogens (tertiary/aromatic N) is 1. The maximum absolute atomic E-state index is 10.9. The van der Waals surface area contributed by atoms with E-state index < -0.39 is 5.91 Å². The number of rotatable bonds is 6. The van der Waals surface area contributed by atoms with Crippen molar-refractivity contribution in [1.82, 2.24) is 0 Å². The second kappa shape index (κ2) is 11.0. The molecule has 0 saturated carbocycles. The van der Waals surface area contributed by atoms with Crippen LogP contribution in [0.1, 0.15) is 34.6 Å². The molecule has 106 valence electrons. The topological polar surface area (TPSA) is 64.7 Å².